The van der Waals surface area contributed by atoms with Crippen LogP contribution < -0.4 is 15.5 Å². The molecule has 0 bridgehead atoms. The number of nitrogens with zero attached hydrogens (tertiary/aromatic N) is 2. The van der Waals surface area contributed by atoms with Crippen LogP contribution in [0.1, 0.15) is 22.6 Å². The van der Waals surface area contributed by atoms with E-state index in [0.29, 0.717) is 23.2 Å². The van der Waals surface area contributed by atoms with Crippen molar-refractivity contribution >= 4 is 27.8 Å². The van der Waals surface area contributed by atoms with Gasteiger partial charge in [0, 0.05) is 26.2 Å². The first kappa shape index (κ1) is 18.7. The van der Waals surface area contributed by atoms with E-state index in [0.717, 1.165) is 29.7 Å². The van der Waals surface area contributed by atoms with Crippen LogP contribution in [0.15, 0.2) is 53.5 Å². The van der Waals surface area contributed by atoms with Gasteiger partial charge in [0.2, 0.25) is 5.43 Å². The summed E-state index contributed by atoms with van der Waals surface area (Å²) in [6, 6.07) is 13.2. The van der Waals surface area contributed by atoms with Crippen LogP contribution in [0, 0.1) is 0 Å². The van der Waals surface area contributed by atoms with Crippen molar-refractivity contribution in [1.29, 1.82) is 0 Å². The zero-order valence-electron chi connectivity index (χ0n) is 16.4. The number of carbonyl (C=O) groups is 1. The van der Waals surface area contributed by atoms with Crippen LogP contribution in [0.4, 0.5) is 0 Å². The first-order valence-electron chi connectivity index (χ1n) is 9.47. The molecule has 0 atom stereocenters. The molecule has 29 heavy (non-hydrogen) atoms. The highest BCUT2D eigenvalue weighted by Gasteiger charge is 2.14. The molecule has 2 aromatic heterocycles. The number of ether oxygens (including phenoxy) is 1. The van der Waals surface area contributed by atoms with Gasteiger partial charge >= 0.3 is 0 Å². The number of aryl methyl sites for hydroxylation is 2. The SMILES string of the molecule is COc1cccc2c(=O)c(C(=O)NCCCc3nc4ccccc4n3C)c[nH]c12. The summed E-state index contributed by atoms with van der Waals surface area (Å²) < 4.78 is 7.33. The fourth-order valence-corrected chi connectivity index (χ4v) is 3.53. The minimum Gasteiger partial charge on any atom is -0.495 e. The summed E-state index contributed by atoms with van der Waals surface area (Å²) >= 11 is 0. The summed E-state index contributed by atoms with van der Waals surface area (Å²) in [6.45, 7) is 0.456. The molecule has 4 aromatic rings. The Morgan fingerprint density at radius 1 is 1.21 bits per heavy atom. The standard InChI is InChI=1S/C22H22N4O3/c1-26-17-9-4-3-8-16(17)25-19(26)11-6-12-23-22(28)15-13-24-20-14(21(15)27)7-5-10-18(20)29-2/h3-5,7-10,13H,6,11-12H2,1-2H3,(H,23,28)(H,24,27). The Bertz CT molecular complexity index is 1260. The number of imidazole rings is 1. The van der Waals surface area contributed by atoms with Crippen LogP contribution >= 0.6 is 0 Å². The first-order valence-corrected chi connectivity index (χ1v) is 9.47. The lowest BCUT2D eigenvalue weighted by atomic mass is 10.1. The molecular formula is C22H22N4O3. The second-order valence-corrected chi connectivity index (χ2v) is 6.85. The molecule has 0 fully saturated rings. The highest BCUT2D eigenvalue weighted by Crippen LogP contribution is 2.21. The van der Waals surface area contributed by atoms with Gasteiger partial charge in [-0.15, -0.1) is 0 Å². The molecule has 0 unspecified atom stereocenters. The average Bonchev–Trinajstić information content (AvgIpc) is 3.07. The molecule has 2 aromatic carbocycles. The average molecular weight is 390 g/mol. The van der Waals surface area contributed by atoms with E-state index in [2.05, 4.69) is 19.9 Å². The molecule has 4 rings (SSSR count). The molecule has 2 N–H and O–H groups in total. The molecule has 0 radical (unpaired) electrons. The Labute approximate surface area is 167 Å². The van der Waals surface area contributed by atoms with Gasteiger partial charge in [0.1, 0.15) is 17.1 Å². The van der Waals surface area contributed by atoms with E-state index in [1.54, 1.807) is 18.2 Å². The third kappa shape index (κ3) is 3.47. The first-order chi connectivity index (χ1) is 14.1. The van der Waals surface area contributed by atoms with Gasteiger partial charge in [-0.2, -0.15) is 0 Å². The lowest BCUT2D eigenvalue weighted by Gasteiger charge is -2.08. The third-order valence-electron chi connectivity index (χ3n) is 5.08. The van der Waals surface area contributed by atoms with Crippen molar-refractivity contribution in [2.75, 3.05) is 13.7 Å². The van der Waals surface area contributed by atoms with E-state index in [1.807, 2.05) is 31.3 Å². The molecule has 148 valence electrons. The smallest absolute Gasteiger partial charge is 0.256 e. The Balaban J connectivity index is 1.43. The fourth-order valence-electron chi connectivity index (χ4n) is 3.53. The van der Waals surface area contributed by atoms with E-state index in [1.165, 1.54) is 13.3 Å². The maximum Gasteiger partial charge on any atom is 0.256 e. The fraction of sp³-hybridized carbons (Fsp3) is 0.227. The lowest BCUT2D eigenvalue weighted by molar-refractivity contribution is 0.0952. The Morgan fingerprint density at radius 2 is 2.03 bits per heavy atom. The maximum atomic E-state index is 12.7. The van der Waals surface area contributed by atoms with E-state index in [9.17, 15) is 9.59 Å². The van der Waals surface area contributed by atoms with E-state index < -0.39 is 0 Å². The topological polar surface area (TPSA) is 89.0 Å². The molecule has 0 saturated heterocycles. The number of H-pyrrole nitrogens is 1. The van der Waals surface area contributed by atoms with Gasteiger partial charge in [-0.25, -0.2) is 4.98 Å². The number of benzene rings is 2. The number of rotatable bonds is 6. The molecule has 0 aliphatic heterocycles. The van der Waals surface area contributed by atoms with Crippen LogP contribution in [-0.2, 0) is 13.5 Å². The number of nitrogens with one attached hydrogen (secondary N) is 2. The largest absolute Gasteiger partial charge is 0.495 e. The Kier molecular flexibility index (Phi) is 5.03. The molecule has 0 spiro atoms. The molecule has 7 nitrogen and oxygen atoms in total. The highest BCUT2D eigenvalue weighted by atomic mass is 16.5. The molecule has 0 aliphatic carbocycles. The zero-order chi connectivity index (χ0) is 20.4. The summed E-state index contributed by atoms with van der Waals surface area (Å²) in [7, 11) is 3.53. The summed E-state index contributed by atoms with van der Waals surface area (Å²) in [5, 5.41) is 3.26. The number of hydrogen-bond donors (Lipinski definition) is 2. The van der Waals surface area contributed by atoms with Crippen molar-refractivity contribution in [2.24, 2.45) is 7.05 Å². The summed E-state index contributed by atoms with van der Waals surface area (Å²) in [5.74, 6) is 1.14. The van der Waals surface area contributed by atoms with Gasteiger partial charge in [0.25, 0.3) is 5.91 Å². The molecule has 7 heteroatoms. The van der Waals surface area contributed by atoms with Gasteiger partial charge in [0.05, 0.1) is 29.0 Å². The molecule has 0 saturated carbocycles. The van der Waals surface area contributed by atoms with Crippen LogP contribution in [0.3, 0.4) is 0 Å². The number of fused-ring (bicyclic) bond motifs is 2. The monoisotopic (exact) mass is 390 g/mol. The van der Waals surface area contributed by atoms with Gasteiger partial charge in [-0.1, -0.05) is 18.2 Å². The number of aromatic amines is 1. The van der Waals surface area contributed by atoms with Gasteiger partial charge in [0.15, 0.2) is 0 Å². The van der Waals surface area contributed by atoms with Crippen LogP contribution in [0.5, 0.6) is 5.75 Å². The second-order valence-electron chi connectivity index (χ2n) is 6.85. The van der Waals surface area contributed by atoms with E-state index in [-0.39, 0.29) is 16.9 Å². The molecule has 0 aliphatic rings. The van der Waals surface area contributed by atoms with Crippen molar-refractivity contribution < 1.29 is 9.53 Å². The van der Waals surface area contributed by atoms with Crippen LogP contribution in [0.2, 0.25) is 0 Å². The number of methoxy groups -OCH3 is 1. The van der Waals surface area contributed by atoms with E-state index in [4.69, 9.17) is 4.74 Å². The normalized spacial score (nSPS) is 11.1. The number of amides is 1. The van der Waals surface area contributed by atoms with Crippen molar-refractivity contribution in [3.8, 4) is 5.75 Å². The zero-order valence-corrected chi connectivity index (χ0v) is 16.4. The highest BCUT2D eigenvalue weighted by molar-refractivity contribution is 5.97. The minimum absolute atomic E-state index is 0.0912. The molecule has 1 amide bonds. The van der Waals surface area contributed by atoms with Crippen molar-refractivity contribution in [2.45, 2.75) is 12.8 Å². The van der Waals surface area contributed by atoms with Crippen LogP contribution in [0.25, 0.3) is 21.9 Å². The second kappa shape index (κ2) is 7.79. The Hall–Kier alpha value is -3.61. The van der Waals surface area contributed by atoms with Gasteiger partial charge in [-0.05, 0) is 30.7 Å². The maximum absolute atomic E-state index is 12.7. The van der Waals surface area contributed by atoms with E-state index >= 15 is 0 Å². The predicted octanol–water partition coefficient (Wildman–Crippen LogP) is 2.79. The van der Waals surface area contributed by atoms with Gasteiger partial charge in [-0.3, -0.25) is 9.59 Å². The van der Waals surface area contributed by atoms with Gasteiger partial charge < -0.3 is 19.6 Å². The lowest BCUT2D eigenvalue weighted by Crippen LogP contribution is -2.30. The van der Waals surface area contributed by atoms with Crippen molar-refractivity contribution in [3.05, 3.63) is 70.3 Å². The minimum atomic E-state index is -0.388. The van der Waals surface area contributed by atoms with Crippen LogP contribution in [-0.4, -0.2) is 34.1 Å². The number of hydrogen-bond acceptors (Lipinski definition) is 4. The molecular weight excluding hydrogens is 368 g/mol. The van der Waals surface area contributed by atoms with Crippen molar-refractivity contribution in [3.63, 3.8) is 0 Å². The third-order valence-corrected chi connectivity index (χ3v) is 5.08. The number of carbonyl (C=O) groups excluding carboxylic acids is 1. The summed E-state index contributed by atoms with van der Waals surface area (Å²) in [6.07, 6.45) is 2.90. The Morgan fingerprint density at radius 3 is 2.83 bits per heavy atom. The van der Waals surface area contributed by atoms with Crippen molar-refractivity contribution in [1.82, 2.24) is 19.9 Å². The summed E-state index contributed by atoms with van der Waals surface area (Å²) in [5.41, 5.74) is 2.41. The number of pyridine rings is 1. The number of aromatic nitrogens is 3. The summed E-state index contributed by atoms with van der Waals surface area (Å²) in [4.78, 5) is 32.8. The number of para-hydroxylation sites is 3. The molecule has 2 heterocycles. The predicted molar refractivity (Wildman–Crippen MR) is 112 cm³/mol. The quantitative estimate of drug-likeness (QED) is 0.496.